The third kappa shape index (κ3) is 4.32. The lowest BCUT2D eigenvalue weighted by Crippen LogP contribution is -3.15. The molecule has 3 aliphatic rings. The molecule has 0 radical (unpaired) electrons. The summed E-state index contributed by atoms with van der Waals surface area (Å²) in [7, 11) is -3.62. The molecule has 2 N–H and O–H groups in total. The van der Waals surface area contributed by atoms with E-state index in [0.717, 1.165) is 23.4 Å². The number of nitrogens with zero attached hydrogens (tertiary/aromatic N) is 1. The minimum absolute atomic E-state index is 0.0407. The molecule has 0 aromatic heterocycles. The zero-order valence-corrected chi connectivity index (χ0v) is 18.7. The maximum Gasteiger partial charge on any atom is 0.279 e. The number of rotatable bonds is 5. The van der Waals surface area contributed by atoms with Crippen molar-refractivity contribution < 1.29 is 27.6 Å². The van der Waals surface area contributed by atoms with Crippen LogP contribution in [0, 0.1) is 0 Å². The Kier molecular flexibility index (Phi) is 5.79. The van der Waals surface area contributed by atoms with Gasteiger partial charge in [0.05, 0.1) is 31.1 Å². The van der Waals surface area contributed by atoms with Gasteiger partial charge in [0.15, 0.2) is 18.0 Å². The van der Waals surface area contributed by atoms with Crippen molar-refractivity contribution in [3.05, 3.63) is 47.5 Å². The highest BCUT2D eigenvalue weighted by atomic mass is 32.2. The third-order valence-corrected chi connectivity index (χ3v) is 8.27. The predicted octanol–water partition coefficient (Wildman–Crippen LogP) is 0.474. The molecule has 0 saturated carbocycles. The van der Waals surface area contributed by atoms with Crippen molar-refractivity contribution in [1.29, 1.82) is 0 Å². The second kappa shape index (κ2) is 8.73. The summed E-state index contributed by atoms with van der Waals surface area (Å²) in [6, 6.07) is 10.9. The Bertz CT molecular complexity index is 1130. The Morgan fingerprint density at radius 3 is 2.53 bits per heavy atom. The Balaban J connectivity index is 1.16. The normalized spacial score (nSPS) is 18.9. The number of hydrogen-bond donors (Lipinski definition) is 2. The van der Waals surface area contributed by atoms with Crippen LogP contribution in [0.2, 0.25) is 0 Å². The highest BCUT2D eigenvalue weighted by molar-refractivity contribution is 7.89. The number of fused-ring (bicyclic) bond motifs is 2. The number of hydrogen-bond acceptors (Lipinski definition) is 5. The van der Waals surface area contributed by atoms with Gasteiger partial charge in [-0.2, -0.15) is 4.31 Å². The number of benzene rings is 2. The van der Waals surface area contributed by atoms with Gasteiger partial charge in [-0.3, -0.25) is 4.79 Å². The van der Waals surface area contributed by atoms with E-state index in [2.05, 4.69) is 17.4 Å². The molecular weight excluding hydrogens is 430 g/mol. The minimum atomic E-state index is -3.62. The van der Waals surface area contributed by atoms with Crippen LogP contribution in [0.3, 0.4) is 0 Å². The third-order valence-electron chi connectivity index (χ3n) is 6.37. The molecule has 1 fully saturated rings. The number of ether oxygens (including phenoxy) is 2. The van der Waals surface area contributed by atoms with Crippen molar-refractivity contribution in [2.24, 2.45) is 0 Å². The maximum atomic E-state index is 13.1. The van der Waals surface area contributed by atoms with Crippen LogP contribution in [0.15, 0.2) is 41.3 Å². The second-order valence-electron chi connectivity index (χ2n) is 8.52. The van der Waals surface area contributed by atoms with E-state index in [9.17, 15) is 13.2 Å². The lowest BCUT2D eigenvalue weighted by atomic mass is 10.1. The highest BCUT2D eigenvalue weighted by Gasteiger charge is 2.32. The van der Waals surface area contributed by atoms with E-state index in [-0.39, 0.29) is 10.8 Å². The van der Waals surface area contributed by atoms with Crippen molar-refractivity contribution >= 4 is 21.6 Å². The van der Waals surface area contributed by atoms with E-state index in [1.54, 1.807) is 12.1 Å². The number of sulfonamides is 1. The zero-order chi connectivity index (χ0) is 22.1. The van der Waals surface area contributed by atoms with Gasteiger partial charge in [-0.25, -0.2) is 8.42 Å². The van der Waals surface area contributed by atoms with Gasteiger partial charge in [0.2, 0.25) is 10.0 Å². The summed E-state index contributed by atoms with van der Waals surface area (Å²) in [6.45, 7) is 3.12. The van der Waals surface area contributed by atoms with Gasteiger partial charge in [-0.05, 0) is 54.7 Å². The average Bonchev–Trinajstić information content (AvgIpc) is 3.27. The van der Waals surface area contributed by atoms with E-state index in [1.807, 2.05) is 6.07 Å². The summed E-state index contributed by atoms with van der Waals surface area (Å²) >= 11 is 0. The van der Waals surface area contributed by atoms with Gasteiger partial charge in [-0.1, -0.05) is 6.07 Å². The summed E-state index contributed by atoms with van der Waals surface area (Å²) in [6.07, 6.45) is 3.37. The number of nitrogens with one attached hydrogen (secondary N) is 2. The van der Waals surface area contributed by atoms with E-state index in [0.29, 0.717) is 57.4 Å². The monoisotopic (exact) mass is 458 g/mol. The van der Waals surface area contributed by atoms with Crippen LogP contribution in [0.25, 0.3) is 0 Å². The number of aryl methyl sites for hydroxylation is 2. The molecule has 2 aliphatic heterocycles. The molecule has 5 rings (SSSR count). The molecule has 1 saturated heterocycles. The van der Waals surface area contributed by atoms with E-state index < -0.39 is 10.0 Å². The van der Waals surface area contributed by atoms with E-state index in [1.165, 1.54) is 27.9 Å². The van der Waals surface area contributed by atoms with E-state index >= 15 is 0 Å². The van der Waals surface area contributed by atoms with Gasteiger partial charge >= 0.3 is 0 Å². The fourth-order valence-electron chi connectivity index (χ4n) is 4.63. The first kappa shape index (κ1) is 21.2. The van der Waals surface area contributed by atoms with Crippen molar-refractivity contribution in [1.82, 2.24) is 4.31 Å². The SMILES string of the molecule is O=C(C[NH+]1CCN(S(=O)(=O)c2ccc3c(c2)OCCO3)CC1)Nc1ccc2c(c1)CCC2. The predicted molar refractivity (Wildman–Crippen MR) is 119 cm³/mol. The number of anilines is 1. The second-order valence-corrected chi connectivity index (χ2v) is 10.5. The van der Waals surface area contributed by atoms with Gasteiger partial charge in [-0.15, -0.1) is 0 Å². The Morgan fingerprint density at radius 1 is 0.969 bits per heavy atom. The number of piperazine rings is 1. The van der Waals surface area contributed by atoms with Crippen molar-refractivity contribution in [3.63, 3.8) is 0 Å². The quantitative estimate of drug-likeness (QED) is 0.680. The van der Waals surface area contributed by atoms with Crippen LogP contribution in [0.1, 0.15) is 17.5 Å². The summed E-state index contributed by atoms with van der Waals surface area (Å²) in [5, 5.41) is 3.00. The Morgan fingerprint density at radius 2 is 1.72 bits per heavy atom. The van der Waals surface area contributed by atoms with Crippen molar-refractivity contribution in [2.75, 3.05) is 51.3 Å². The van der Waals surface area contributed by atoms with Crippen LogP contribution in [0.5, 0.6) is 11.5 Å². The molecule has 170 valence electrons. The number of carbonyl (C=O) groups excluding carboxylic acids is 1. The molecule has 2 aromatic carbocycles. The zero-order valence-electron chi connectivity index (χ0n) is 17.9. The molecule has 2 aromatic rings. The first-order valence-electron chi connectivity index (χ1n) is 11.1. The van der Waals surface area contributed by atoms with Gasteiger partial charge in [0.25, 0.3) is 5.91 Å². The molecule has 8 nitrogen and oxygen atoms in total. The lowest BCUT2D eigenvalue weighted by molar-refractivity contribution is -0.895. The van der Waals surface area contributed by atoms with Crippen LogP contribution in [-0.2, 0) is 27.7 Å². The molecule has 2 heterocycles. The van der Waals surface area contributed by atoms with Crippen LogP contribution >= 0.6 is 0 Å². The van der Waals surface area contributed by atoms with Crippen molar-refractivity contribution in [2.45, 2.75) is 24.2 Å². The maximum absolute atomic E-state index is 13.1. The van der Waals surface area contributed by atoms with Crippen molar-refractivity contribution in [3.8, 4) is 11.5 Å². The van der Waals surface area contributed by atoms with Crippen LogP contribution in [-0.4, -0.2) is 64.6 Å². The molecule has 1 aliphatic carbocycles. The summed E-state index contributed by atoms with van der Waals surface area (Å²) in [5.74, 6) is 0.991. The number of amides is 1. The minimum Gasteiger partial charge on any atom is -0.486 e. The molecular formula is C23H28N3O5S+. The Hall–Kier alpha value is -2.62. The molecule has 1 amide bonds. The number of quaternary nitrogens is 1. The van der Waals surface area contributed by atoms with Gasteiger partial charge in [0, 0.05) is 11.8 Å². The molecule has 0 atom stereocenters. The summed E-state index contributed by atoms with van der Waals surface area (Å²) < 4.78 is 38.6. The van der Waals surface area contributed by atoms with Crippen LogP contribution in [0.4, 0.5) is 5.69 Å². The molecule has 0 unspecified atom stereocenters. The molecule has 9 heteroatoms. The first-order chi connectivity index (χ1) is 15.5. The molecule has 0 bridgehead atoms. The standard InChI is InChI=1S/C23H27N3O5S/c27-23(24-19-5-4-17-2-1-3-18(17)14-19)16-25-8-10-26(11-9-25)32(28,29)20-6-7-21-22(15-20)31-13-12-30-21/h4-7,14-15H,1-3,8-13,16H2,(H,24,27)/p+1. The van der Waals surface area contributed by atoms with Gasteiger partial charge < -0.3 is 19.7 Å². The first-order valence-corrected chi connectivity index (χ1v) is 12.6. The molecule has 0 spiro atoms. The largest absolute Gasteiger partial charge is 0.486 e. The molecule has 32 heavy (non-hydrogen) atoms. The van der Waals surface area contributed by atoms with E-state index in [4.69, 9.17) is 9.47 Å². The fourth-order valence-corrected chi connectivity index (χ4v) is 6.09. The number of carbonyl (C=O) groups is 1. The lowest BCUT2D eigenvalue weighted by Gasteiger charge is -2.31. The summed E-state index contributed by atoms with van der Waals surface area (Å²) in [4.78, 5) is 13.8. The average molecular weight is 459 g/mol. The summed E-state index contributed by atoms with van der Waals surface area (Å²) in [5.41, 5.74) is 3.55. The highest BCUT2D eigenvalue weighted by Crippen LogP contribution is 2.33. The van der Waals surface area contributed by atoms with Crippen LogP contribution < -0.4 is 19.7 Å². The fraction of sp³-hybridized carbons (Fsp3) is 0.435. The smallest absolute Gasteiger partial charge is 0.279 e. The topological polar surface area (TPSA) is 89.4 Å². The Labute approximate surface area is 188 Å². The van der Waals surface area contributed by atoms with Gasteiger partial charge in [0.1, 0.15) is 13.2 Å².